The number of hydrogen-bond acceptors (Lipinski definition) is 4. The monoisotopic (exact) mass is 267 g/mol. The summed E-state index contributed by atoms with van der Waals surface area (Å²) >= 11 is 0. The van der Waals surface area contributed by atoms with E-state index in [-0.39, 0.29) is 11.9 Å². The van der Waals surface area contributed by atoms with Crippen LogP contribution >= 0.6 is 0 Å². The number of carbonyl (C=O) groups excluding carboxylic acids is 1. The molecule has 3 saturated heterocycles. The Morgan fingerprint density at radius 1 is 1.32 bits per heavy atom. The molecule has 108 valence electrons. The van der Waals surface area contributed by atoms with E-state index in [0.717, 1.165) is 32.7 Å². The van der Waals surface area contributed by atoms with Gasteiger partial charge in [-0.15, -0.1) is 0 Å². The van der Waals surface area contributed by atoms with Gasteiger partial charge in [0.25, 0.3) is 0 Å². The molecular formula is C14H25N3O2. The van der Waals surface area contributed by atoms with Crippen LogP contribution in [0.1, 0.15) is 19.3 Å². The van der Waals surface area contributed by atoms with Gasteiger partial charge in [-0.3, -0.25) is 4.79 Å². The number of piperidine rings is 2. The van der Waals surface area contributed by atoms with Gasteiger partial charge in [0, 0.05) is 25.7 Å². The molecule has 3 heterocycles. The van der Waals surface area contributed by atoms with Crippen molar-refractivity contribution in [2.75, 3.05) is 46.4 Å². The smallest absolute Gasteiger partial charge is 0.242 e. The summed E-state index contributed by atoms with van der Waals surface area (Å²) in [4.78, 5) is 17.0. The van der Waals surface area contributed by atoms with Crippen molar-refractivity contribution in [1.82, 2.24) is 15.1 Å². The highest BCUT2D eigenvalue weighted by molar-refractivity contribution is 5.82. The molecule has 3 aliphatic rings. The lowest BCUT2D eigenvalue weighted by Crippen LogP contribution is -2.58. The van der Waals surface area contributed by atoms with Crippen LogP contribution in [0.25, 0.3) is 0 Å². The highest BCUT2D eigenvalue weighted by atomic mass is 16.5. The number of morpholine rings is 1. The molecule has 3 atom stereocenters. The van der Waals surface area contributed by atoms with Crippen molar-refractivity contribution in [2.24, 2.45) is 5.92 Å². The van der Waals surface area contributed by atoms with Crippen molar-refractivity contribution in [3.05, 3.63) is 0 Å². The normalized spacial score (nSPS) is 36.9. The Bertz CT molecular complexity index is 331. The fourth-order valence-electron chi connectivity index (χ4n) is 3.80. The summed E-state index contributed by atoms with van der Waals surface area (Å²) in [5.74, 6) is 0.910. The van der Waals surface area contributed by atoms with E-state index in [2.05, 4.69) is 22.2 Å². The Morgan fingerprint density at radius 3 is 3.00 bits per heavy atom. The Labute approximate surface area is 115 Å². The molecule has 5 heteroatoms. The summed E-state index contributed by atoms with van der Waals surface area (Å²) in [5, 5.41) is 3.27. The summed E-state index contributed by atoms with van der Waals surface area (Å²) in [7, 11) is 2.23. The van der Waals surface area contributed by atoms with E-state index in [4.69, 9.17) is 4.74 Å². The Kier molecular flexibility index (Phi) is 4.05. The fourth-order valence-corrected chi connectivity index (χ4v) is 3.80. The maximum absolute atomic E-state index is 12.5. The van der Waals surface area contributed by atoms with E-state index < -0.39 is 0 Å². The highest BCUT2D eigenvalue weighted by Crippen LogP contribution is 2.29. The number of amides is 1. The molecule has 0 saturated carbocycles. The lowest BCUT2D eigenvalue weighted by Gasteiger charge is -2.46. The minimum atomic E-state index is -0.119. The van der Waals surface area contributed by atoms with Gasteiger partial charge in [0.2, 0.25) is 5.91 Å². The molecule has 0 aromatic heterocycles. The van der Waals surface area contributed by atoms with E-state index in [1.807, 2.05) is 0 Å². The number of nitrogens with one attached hydrogen (secondary N) is 1. The SMILES string of the molecule is CN1CCCC2CN(C(=O)C3COCCN3)CCC21. The zero-order chi connectivity index (χ0) is 13.2. The van der Waals surface area contributed by atoms with Crippen LogP contribution in [-0.4, -0.2) is 74.2 Å². The van der Waals surface area contributed by atoms with Crippen molar-refractivity contribution < 1.29 is 9.53 Å². The van der Waals surface area contributed by atoms with Gasteiger partial charge in [-0.05, 0) is 38.8 Å². The third-order valence-corrected chi connectivity index (χ3v) is 4.88. The molecule has 3 unspecified atom stereocenters. The average molecular weight is 267 g/mol. The number of likely N-dealkylation sites (tertiary alicyclic amines) is 2. The maximum Gasteiger partial charge on any atom is 0.242 e. The molecule has 1 N–H and O–H groups in total. The van der Waals surface area contributed by atoms with Crippen LogP contribution in [0.5, 0.6) is 0 Å². The summed E-state index contributed by atoms with van der Waals surface area (Å²) in [6.07, 6.45) is 3.67. The minimum Gasteiger partial charge on any atom is -0.378 e. The van der Waals surface area contributed by atoms with E-state index in [1.165, 1.54) is 19.4 Å². The summed E-state index contributed by atoms with van der Waals surface area (Å²) in [6, 6.07) is 0.569. The molecule has 1 amide bonds. The first kappa shape index (κ1) is 13.3. The quantitative estimate of drug-likeness (QED) is 0.722. The van der Waals surface area contributed by atoms with Crippen LogP contribution in [0.2, 0.25) is 0 Å². The van der Waals surface area contributed by atoms with Gasteiger partial charge < -0.3 is 19.9 Å². The number of ether oxygens (including phenoxy) is 1. The van der Waals surface area contributed by atoms with Crippen LogP contribution in [0.3, 0.4) is 0 Å². The van der Waals surface area contributed by atoms with E-state index in [9.17, 15) is 4.79 Å². The number of nitrogens with zero attached hydrogens (tertiary/aromatic N) is 2. The molecule has 5 nitrogen and oxygen atoms in total. The second-order valence-electron chi connectivity index (χ2n) is 6.10. The van der Waals surface area contributed by atoms with Gasteiger partial charge in [0.05, 0.1) is 13.2 Å². The fraction of sp³-hybridized carbons (Fsp3) is 0.929. The number of rotatable bonds is 1. The van der Waals surface area contributed by atoms with Crippen LogP contribution in [-0.2, 0) is 9.53 Å². The number of fused-ring (bicyclic) bond motifs is 1. The molecule has 0 aliphatic carbocycles. The summed E-state index contributed by atoms with van der Waals surface area (Å²) < 4.78 is 5.40. The third-order valence-electron chi connectivity index (χ3n) is 4.88. The van der Waals surface area contributed by atoms with E-state index in [0.29, 0.717) is 18.6 Å². The van der Waals surface area contributed by atoms with Gasteiger partial charge in [0.1, 0.15) is 6.04 Å². The summed E-state index contributed by atoms with van der Waals surface area (Å²) in [5.41, 5.74) is 0. The second kappa shape index (κ2) is 5.77. The Hall–Kier alpha value is -0.650. The van der Waals surface area contributed by atoms with Gasteiger partial charge in [-0.2, -0.15) is 0 Å². The van der Waals surface area contributed by atoms with Crippen LogP contribution < -0.4 is 5.32 Å². The van der Waals surface area contributed by atoms with Crippen LogP contribution in [0, 0.1) is 5.92 Å². The molecule has 3 rings (SSSR count). The largest absolute Gasteiger partial charge is 0.378 e. The third kappa shape index (κ3) is 2.78. The van der Waals surface area contributed by atoms with Crippen molar-refractivity contribution in [2.45, 2.75) is 31.3 Å². The Balaban J connectivity index is 1.59. The average Bonchev–Trinajstić information content (AvgIpc) is 2.47. The molecule has 0 aromatic rings. The maximum atomic E-state index is 12.5. The molecule has 3 fully saturated rings. The molecular weight excluding hydrogens is 242 g/mol. The molecule has 3 aliphatic heterocycles. The van der Waals surface area contributed by atoms with Crippen molar-refractivity contribution >= 4 is 5.91 Å². The zero-order valence-electron chi connectivity index (χ0n) is 11.8. The first-order valence-electron chi connectivity index (χ1n) is 7.56. The van der Waals surface area contributed by atoms with E-state index >= 15 is 0 Å². The Morgan fingerprint density at radius 2 is 2.21 bits per heavy atom. The molecule has 0 radical (unpaired) electrons. The van der Waals surface area contributed by atoms with Gasteiger partial charge >= 0.3 is 0 Å². The van der Waals surface area contributed by atoms with Gasteiger partial charge in [0.15, 0.2) is 0 Å². The van der Waals surface area contributed by atoms with Crippen LogP contribution in [0.15, 0.2) is 0 Å². The predicted octanol–water partition coefficient (Wildman–Crippen LogP) is -0.0825. The van der Waals surface area contributed by atoms with E-state index in [1.54, 1.807) is 0 Å². The van der Waals surface area contributed by atoms with Crippen molar-refractivity contribution in [3.63, 3.8) is 0 Å². The molecule has 0 bridgehead atoms. The highest BCUT2D eigenvalue weighted by Gasteiger charge is 2.37. The van der Waals surface area contributed by atoms with Gasteiger partial charge in [-0.25, -0.2) is 0 Å². The number of carbonyl (C=O) groups is 1. The minimum absolute atomic E-state index is 0.119. The zero-order valence-corrected chi connectivity index (χ0v) is 11.8. The second-order valence-corrected chi connectivity index (χ2v) is 6.10. The molecule has 0 spiro atoms. The standard InChI is InChI=1S/C14H25N3O2/c1-16-6-2-3-11-9-17(7-4-13(11)16)14(18)12-10-19-8-5-15-12/h11-13,15H,2-10H2,1H3. The van der Waals surface area contributed by atoms with Crippen molar-refractivity contribution in [1.29, 1.82) is 0 Å². The number of hydrogen-bond donors (Lipinski definition) is 1. The lowest BCUT2D eigenvalue weighted by molar-refractivity contribution is -0.139. The molecule has 19 heavy (non-hydrogen) atoms. The summed E-state index contributed by atoms with van der Waals surface area (Å²) in [6.45, 7) is 5.10. The van der Waals surface area contributed by atoms with Crippen LogP contribution in [0.4, 0.5) is 0 Å². The van der Waals surface area contributed by atoms with Crippen molar-refractivity contribution in [3.8, 4) is 0 Å². The lowest BCUT2D eigenvalue weighted by atomic mass is 9.84. The first-order chi connectivity index (χ1) is 9.25. The van der Waals surface area contributed by atoms with Gasteiger partial charge in [-0.1, -0.05) is 0 Å². The predicted molar refractivity (Wildman–Crippen MR) is 72.9 cm³/mol. The first-order valence-corrected chi connectivity index (χ1v) is 7.56. The topological polar surface area (TPSA) is 44.8 Å². The molecule has 0 aromatic carbocycles.